The van der Waals surface area contributed by atoms with E-state index in [0.717, 1.165) is 0 Å². The molecule has 2 rings (SSSR count). The molecule has 0 bridgehead atoms. The third-order valence-corrected chi connectivity index (χ3v) is 3.45. The van der Waals surface area contributed by atoms with Crippen molar-refractivity contribution in [1.29, 1.82) is 0 Å². The van der Waals surface area contributed by atoms with Crippen LogP contribution in [0.2, 0.25) is 0 Å². The zero-order valence-corrected chi connectivity index (χ0v) is 11.6. The van der Waals surface area contributed by atoms with Crippen LogP contribution in [0, 0.1) is 11.7 Å². The summed E-state index contributed by atoms with van der Waals surface area (Å²) in [5.41, 5.74) is 6.52. The lowest BCUT2D eigenvalue weighted by Gasteiger charge is -2.22. The van der Waals surface area contributed by atoms with Gasteiger partial charge in [0.2, 0.25) is 5.91 Å². The summed E-state index contributed by atoms with van der Waals surface area (Å²) in [7, 11) is 3.09. The van der Waals surface area contributed by atoms with Gasteiger partial charge in [0.05, 0.1) is 26.2 Å². The van der Waals surface area contributed by atoms with Crippen LogP contribution in [0.3, 0.4) is 0 Å². The van der Waals surface area contributed by atoms with E-state index in [9.17, 15) is 9.18 Å². The second kappa shape index (κ2) is 6.19. The second-order valence-electron chi connectivity index (χ2n) is 4.97. The maximum Gasteiger partial charge on any atom is 0.229 e. The van der Waals surface area contributed by atoms with Crippen molar-refractivity contribution in [1.82, 2.24) is 4.90 Å². The van der Waals surface area contributed by atoms with Crippen LogP contribution in [-0.4, -0.2) is 44.2 Å². The van der Waals surface area contributed by atoms with Crippen LogP contribution in [0.5, 0.6) is 5.75 Å². The smallest absolute Gasteiger partial charge is 0.229 e. The van der Waals surface area contributed by atoms with Crippen molar-refractivity contribution in [3.8, 4) is 5.75 Å². The molecule has 1 amide bonds. The SMILES string of the molecule is COc1ccc(CN(C)C(=O)C2COCC2N)cc1F. The lowest BCUT2D eigenvalue weighted by Crippen LogP contribution is -2.41. The Labute approximate surface area is 117 Å². The first-order valence-electron chi connectivity index (χ1n) is 6.43. The molecule has 1 heterocycles. The molecule has 0 saturated carbocycles. The number of rotatable bonds is 4. The number of hydrogen-bond acceptors (Lipinski definition) is 4. The summed E-state index contributed by atoms with van der Waals surface area (Å²) in [6.07, 6.45) is 0. The molecule has 1 aromatic carbocycles. The third kappa shape index (κ3) is 3.08. The van der Waals surface area contributed by atoms with Crippen molar-refractivity contribution in [2.75, 3.05) is 27.4 Å². The Bertz CT molecular complexity index is 495. The normalized spacial score (nSPS) is 21.8. The largest absolute Gasteiger partial charge is 0.494 e. The van der Waals surface area contributed by atoms with Gasteiger partial charge in [-0.2, -0.15) is 0 Å². The predicted molar refractivity (Wildman–Crippen MR) is 71.7 cm³/mol. The molecule has 1 fully saturated rings. The summed E-state index contributed by atoms with van der Waals surface area (Å²) in [4.78, 5) is 13.8. The van der Waals surface area contributed by atoms with Gasteiger partial charge in [0.15, 0.2) is 11.6 Å². The van der Waals surface area contributed by atoms with Crippen molar-refractivity contribution in [2.24, 2.45) is 11.7 Å². The lowest BCUT2D eigenvalue weighted by atomic mass is 10.0. The Kier molecular flexibility index (Phi) is 4.57. The van der Waals surface area contributed by atoms with Gasteiger partial charge >= 0.3 is 0 Å². The highest BCUT2D eigenvalue weighted by molar-refractivity contribution is 5.79. The Hall–Kier alpha value is -1.66. The summed E-state index contributed by atoms with van der Waals surface area (Å²) in [5.74, 6) is -0.644. The van der Waals surface area contributed by atoms with Gasteiger partial charge < -0.3 is 20.1 Å². The molecule has 0 aromatic heterocycles. The average molecular weight is 282 g/mol. The molecule has 110 valence electrons. The van der Waals surface area contributed by atoms with Crippen molar-refractivity contribution in [2.45, 2.75) is 12.6 Å². The standard InChI is InChI=1S/C14H19FN2O3/c1-17(14(18)10-7-20-8-12(10)16)6-9-3-4-13(19-2)11(15)5-9/h3-5,10,12H,6-8,16H2,1-2H3. The summed E-state index contributed by atoms with van der Waals surface area (Å²) in [6, 6.07) is 4.38. The number of halogens is 1. The van der Waals surface area contributed by atoms with Crippen LogP contribution >= 0.6 is 0 Å². The number of amides is 1. The zero-order chi connectivity index (χ0) is 14.7. The van der Waals surface area contributed by atoms with Gasteiger partial charge in [-0.05, 0) is 17.7 Å². The molecule has 1 saturated heterocycles. The van der Waals surface area contributed by atoms with Crippen LogP contribution in [0.1, 0.15) is 5.56 Å². The minimum Gasteiger partial charge on any atom is -0.494 e. The Morgan fingerprint density at radius 1 is 1.55 bits per heavy atom. The summed E-state index contributed by atoms with van der Waals surface area (Å²) < 4.78 is 23.6. The van der Waals surface area contributed by atoms with Gasteiger partial charge in [-0.1, -0.05) is 6.07 Å². The lowest BCUT2D eigenvalue weighted by molar-refractivity contribution is -0.135. The number of benzene rings is 1. The highest BCUT2D eigenvalue weighted by Crippen LogP contribution is 2.20. The van der Waals surface area contributed by atoms with Gasteiger partial charge in [0.1, 0.15) is 0 Å². The number of ether oxygens (including phenoxy) is 2. The van der Waals surface area contributed by atoms with Gasteiger partial charge in [-0.3, -0.25) is 4.79 Å². The number of methoxy groups -OCH3 is 1. The first-order chi connectivity index (χ1) is 9.52. The number of nitrogens with zero attached hydrogens (tertiary/aromatic N) is 1. The zero-order valence-electron chi connectivity index (χ0n) is 11.6. The molecule has 0 spiro atoms. The summed E-state index contributed by atoms with van der Waals surface area (Å²) >= 11 is 0. The van der Waals surface area contributed by atoms with Gasteiger partial charge in [-0.25, -0.2) is 4.39 Å². The number of carbonyl (C=O) groups excluding carboxylic acids is 1. The molecule has 6 heteroatoms. The van der Waals surface area contributed by atoms with Crippen LogP contribution in [-0.2, 0) is 16.1 Å². The van der Waals surface area contributed by atoms with E-state index in [1.165, 1.54) is 13.2 Å². The van der Waals surface area contributed by atoms with Crippen LogP contribution in [0.4, 0.5) is 4.39 Å². The molecule has 2 N–H and O–H groups in total. The molecule has 2 atom stereocenters. The quantitative estimate of drug-likeness (QED) is 0.886. The first kappa shape index (κ1) is 14.7. The Balaban J connectivity index is 2.02. The van der Waals surface area contributed by atoms with E-state index < -0.39 is 5.82 Å². The monoisotopic (exact) mass is 282 g/mol. The highest BCUT2D eigenvalue weighted by atomic mass is 19.1. The summed E-state index contributed by atoms with van der Waals surface area (Å²) in [5, 5.41) is 0. The number of hydrogen-bond donors (Lipinski definition) is 1. The van der Waals surface area contributed by atoms with Gasteiger partial charge in [-0.15, -0.1) is 0 Å². The molecule has 1 aromatic rings. The maximum absolute atomic E-state index is 13.6. The van der Waals surface area contributed by atoms with E-state index in [1.54, 1.807) is 24.1 Å². The fraction of sp³-hybridized carbons (Fsp3) is 0.500. The van der Waals surface area contributed by atoms with Crippen molar-refractivity contribution in [3.63, 3.8) is 0 Å². The van der Waals surface area contributed by atoms with E-state index in [-0.39, 0.29) is 23.6 Å². The summed E-state index contributed by atoms with van der Waals surface area (Å²) in [6.45, 7) is 1.08. The minimum atomic E-state index is -0.438. The number of carbonyl (C=O) groups is 1. The van der Waals surface area contributed by atoms with Crippen LogP contribution in [0.25, 0.3) is 0 Å². The molecule has 1 aliphatic heterocycles. The van der Waals surface area contributed by atoms with Gasteiger partial charge in [0.25, 0.3) is 0 Å². The first-order valence-corrected chi connectivity index (χ1v) is 6.43. The Morgan fingerprint density at radius 3 is 2.85 bits per heavy atom. The topological polar surface area (TPSA) is 64.8 Å². The van der Waals surface area contributed by atoms with Gasteiger partial charge in [0, 0.05) is 19.6 Å². The van der Waals surface area contributed by atoms with Crippen LogP contribution < -0.4 is 10.5 Å². The maximum atomic E-state index is 13.6. The van der Waals surface area contributed by atoms with Crippen molar-refractivity contribution < 1.29 is 18.7 Å². The molecule has 20 heavy (non-hydrogen) atoms. The van der Waals surface area contributed by atoms with E-state index in [4.69, 9.17) is 15.2 Å². The molecule has 0 radical (unpaired) electrons. The van der Waals surface area contributed by atoms with E-state index in [0.29, 0.717) is 25.3 Å². The van der Waals surface area contributed by atoms with E-state index in [2.05, 4.69) is 0 Å². The Morgan fingerprint density at radius 2 is 2.30 bits per heavy atom. The average Bonchev–Trinajstić information content (AvgIpc) is 2.84. The van der Waals surface area contributed by atoms with Crippen molar-refractivity contribution >= 4 is 5.91 Å². The fourth-order valence-corrected chi connectivity index (χ4v) is 2.27. The number of nitrogens with two attached hydrogens (primary N) is 1. The van der Waals surface area contributed by atoms with E-state index >= 15 is 0 Å². The molecular formula is C14H19FN2O3. The highest BCUT2D eigenvalue weighted by Gasteiger charge is 2.33. The molecule has 0 aliphatic carbocycles. The molecule has 1 aliphatic rings. The predicted octanol–water partition coefficient (Wildman–Crippen LogP) is 0.766. The third-order valence-electron chi connectivity index (χ3n) is 3.45. The molecular weight excluding hydrogens is 263 g/mol. The van der Waals surface area contributed by atoms with Crippen LogP contribution in [0.15, 0.2) is 18.2 Å². The minimum absolute atomic E-state index is 0.0776. The second-order valence-corrected chi connectivity index (χ2v) is 4.97. The van der Waals surface area contributed by atoms with E-state index in [1.807, 2.05) is 0 Å². The molecule has 5 nitrogen and oxygen atoms in total. The fourth-order valence-electron chi connectivity index (χ4n) is 2.27. The van der Waals surface area contributed by atoms with Crippen molar-refractivity contribution in [3.05, 3.63) is 29.6 Å². The molecule has 2 unspecified atom stereocenters.